The molecule has 1 unspecified atom stereocenters. The molecule has 1 spiro atoms. The van der Waals surface area contributed by atoms with E-state index in [1.165, 1.54) is 6.07 Å². The van der Waals surface area contributed by atoms with Gasteiger partial charge in [-0.25, -0.2) is 4.39 Å². The van der Waals surface area contributed by atoms with Gasteiger partial charge in [-0.15, -0.1) is 0 Å². The monoisotopic (exact) mass is 395 g/mol. The number of ether oxygens (including phenoxy) is 1. The lowest BCUT2D eigenvalue weighted by atomic mass is 9.82. The fourth-order valence-corrected chi connectivity index (χ4v) is 5.16. The second-order valence-electron chi connectivity index (χ2n) is 8.43. The molecule has 5 nitrogen and oxygen atoms in total. The lowest BCUT2D eigenvalue weighted by Gasteiger charge is -2.63. The molecule has 0 N–H and O–H groups in total. The lowest BCUT2D eigenvalue weighted by molar-refractivity contribution is -0.160. The van der Waals surface area contributed by atoms with E-state index in [0.717, 1.165) is 37.4 Å². The smallest absolute Gasteiger partial charge is 0.253 e. The van der Waals surface area contributed by atoms with Gasteiger partial charge < -0.3 is 9.64 Å². The number of rotatable bonds is 3. The van der Waals surface area contributed by atoms with Crippen molar-refractivity contribution >= 4 is 5.91 Å². The van der Waals surface area contributed by atoms with Crippen molar-refractivity contribution in [3.63, 3.8) is 0 Å². The SMILES string of the molecule is O=C(c1ccccc1)N1CC2COCCN2C2(CN(Cc3ccccc3F)C2)C1. The standard InChI is InChI=1S/C23H26FN3O2/c24-21-9-5-4-8-19(21)12-25-15-23(16-25)17-26(13-20-14-29-11-10-27(20)23)22(28)18-6-2-1-3-7-18/h1-9,20H,10-17H2. The van der Waals surface area contributed by atoms with Crippen molar-refractivity contribution in [3.05, 3.63) is 71.5 Å². The molecule has 3 heterocycles. The van der Waals surface area contributed by atoms with Crippen LogP contribution in [0, 0.1) is 5.82 Å². The molecule has 5 rings (SSSR count). The molecule has 29 heavy (non-hydrogen) atoms. The van der Waals surface area contributed by atoms with Crippen LogP contribution in [0.1, 0.15) is 15.9 Å². The van der Waals surface area contributed by atoms with Gasteiger partial charge >= 0.3 is 0 Å². The third-order valence-electron chi connectivity index (χ3n) is 6.45. The molecule has 0 aliphatic carbocycles. The van der Waals surface area contributed by atoms with E-state index in [1.54, 1.807) is 6.07 Å². The summed E-state index contributed by atoms with van der Waals surface area (Å²) in [4.78, 5) is 19.9. The lowest BCUT2D eigenvalue weighted by Crippen LogP contribution is -2.80. The van der Waals surface area contributed by atoms with Crippen LogP contribution in [0.5, 0.6) is 0 Å². The first-order chi connectivity index (χ1) is 14.1. The van der Waals surface area contributed by atoms with E-state index in [-0.39, 0.29) is 23.3 Å². The number of halogens is 1. The summed E-state index contributed by atoms with van der Waals surface area (Å²) in [5.74, 6) is -0.0648. The van der Waals surface area contributed by atoms with Gasteiger partial charge in [0.15, 0.2) is 0 Å². The van der Waals surface area contributed by atoms with Crippen molar-refractivity contribution < 1.29 is 13.9 Å². The third-order valence-corrected chi connectivity index (χ3v) is 6.45. The van der Waals surface area contributed by atoms with Crippen molar-refractivity contribution in [2.75, 3.05) is 45.9 Å². The number of hydrogen-bond acceptors (Lipinski definition) is 4. The number of likely N-dealkylation sites (tertiary alicyclic amines) is 1. The average Bonchev–Trinajstić information content (AvgIpc) is 2.74. The predicted octanol–water partition coefficient (Wildman–Crippen LogP) is 2.24. The topological polar surface area (TPSA) is 36.0 Å². The summed E-state index contributed by atoms with van der Waals surface area (Å²) < 4.78 is 19.8. The highest BCUT2D eigenvalue weighted by molar-refractivity contribution is 5.94. The van der Waals surface area contributed by atoms with E-state index < -0.39 is 0 Å². The number of piperazine rings is 1. The highest BCUT2D eigenvalue weighted by Crippen LogP contribution is 2.37. The molecule has 2 aromatic carbocycles. The Morgan fingerprint density at radius 2 is 1.83 bits per heavy atom. The molecule has 3 aliphatic rings. The van der Waals surface area contributed by atoms with Crippen LogP contribution in [0.4, 0.5) is 4.39 Å². The molecular weight excluding hydrogens is 369 g/mol. The number of carbonyl (C=O) groups is 1. The molecule has 0 radical (unpaired) electrons. The molecule has 2 aromatic rings. The second-order valence-corrected chi connectivity index (χ2v) is 8.43. The molecule has 3 fully saturated rings. The normalized spacial score (nSPS) is 24.2. The Hall–Kier alpha value is -2.28. The van der Waals surface area contributed by atoms with Crippen LogP contribution in [0.2, 0.25) is 0 Å². The first kappa shape index (κ1) is 18.7. The van der Waals surface area contributed by atoms with Crippen LogP contribution in [0.15, 0.2) is 54.6 Å². The van der Waals surface area contributed by atoms with Gasteiger partial charge in [0, 0.05) is 50.4 Å². The van der Waals surface area contributed by atoms with Gasteiger partial charge in [-0.1, -0.05) is 36.4 Å². The molecule has 3 aliphatic heterocycles. The first-order valence-corrected chi connectivity index (χ1v) is 10.3. The van der Waals surface area contributed by atoms with Gasteiger partial charge in [0.25, 0.3) is 5.91 Å². The van der Waals surface area contributed by atoms with Crippen LogP contribution in [0.25, 0.3) is 0 Å². The highest BCUT2D eigenvalue weighted by atomic mass is 19.1. The number of benzene rings is 2. The van der Waals surface area contributed by atoms with Crippen molar-refractivity contribution in [1.29, 1.82) is 0 Å². The van der Waals surface area contributed by atoms with Gasteiger partial charge in [0.05, 0.1) is 24.8 Å². The van der Waals surface area contributed by atoms with Gasteiger partial charge in [0.2, 0.25) is 0 Å². The number of amides is 1. The summed E-state index contributed by atoms with van der Waals surface area (Å²) in [5.41, 5.74) is 1.40. The molecule has 0 saturated carbocycles. The number of carbonyl (C=O) groups excluding carboxylic acids is 1. The Morgan fingerprint density at radius 1 is 1.07 bits per heavy atom. The van der Waals surface area contributed by atoms with Crippen LogP contribution in [-0.2, 0) is 11.3 Å². The predicted molar refractivity (Wildman–Crippen MR) is 108 cm³/mol. The van der Waals surface area contributed by atoms with E-state index in [1.807, 2.05) is 47.4 Å². The van der Waals surface area contributed by atoms with E-state index in [4.69, 9.17) is 4.74 Å². The molecular formula is C23H26FN3O2. The number of nitrogens with zero attached hydrogens (tertiary/aromatic N) is 3. The minimum absolute atomic E-state index is 0.0671. The van der Waals surface area contributed by atoms with Gasteiger partial charge in [-0.3, -0.25) is 14.6 Å². The molecule has 152 valence electrons. The summed E-state index contributed by atoms with van der Waals surface area (Å²) in [7, 11) is 0. The van der Waals surface area contributed by atoms with Crippen molar-refractivity contribution in [1.82, 2.24) is 14.7 Å². The molecule has 6 heteroatoms. The summed E-state index contributed by atoms with van der Waals surface area (Å²) in [6.07, 6.45) is 0. The van der Waals surface area contributed by atoms with Gasteiger partial charge in [-0.2, -0.15) is 0 Å². The van der Waals surface area contributed by atoms with Crippen molar-refractivity contribution in [2.24, 2.45) is 0 Å². The minimum atomic E-state index is -0.151. The number of hydrogen-bond donors (Lipinski definition) is 0. The molecule has 0 bridgehead atoms. The maximum atomic E-state index is 14.1. The van der Waals surface area contributed by atoms with E-state index >= 15 is 0 Å². The number of fused-ring (bicyclic) bond motifs is 2. The number of morpholine rings is 1. The Bertz CT molecular complexity index is 885. The maximum Gasteiger partial charge on any atom is 0.253 e. The summed E-state index contributed by atoms with van der Waals surface area (Å²) in [5, 5.41) is 0. The van der Waals surface area contributed by atoms with Crippen LogP contribution in [0.3, 0.4) is 0 Å². The molecule has 1 amide bonds. The zero-order chi connectivity index (χ0) is 19.8. The zero-order valence-electron chi connectivity index (χ0n) is 16.5. The zero-order valence-corrected chi connectivity index (χ0v) is 16.5. The fourth-order valence-electron chi connectivity index (χ4n) is 5.16. The second kappa shape index (κ2) is 7.52. The van der Waals surface area contributed by atoms with Crippen LogP contribution >= 0.6 is 0 Å². The Kier molecular flexibility index (Phi) is 4.86. The van der Waals surface area contributed by atoms with Crippen molar-refractivity contribution in [2.45, 2.75) is 18.1 Å². The van der Waals surface area contributed by atoms with Crippen molar-refractivity contribution in [3.8, 4) is 0 Å². The van der Waals surface area contributed by atoms with Crippen LogP contribution in [-0.4, -0.2) is 78.1 Å². The van der Waals surface area contributed by atoms with E-state index in [9.17, 15) is 9.18 Å². The largest absolute Gasteiger partial charge is 0.378 e. The highest BCUT2D eigenvalue weighted by Gasteiger charge is 2.54. The fraction of sp³-hybridized carbons (Fsp3) is 0.435. The summed E-state index contributed by atoms with van der Waals surface area (Å²) in [6, 6.07) is 16.7. The molecule has 0 aromatic heterocycles. The summed E-state index contributed by atoms with van der Waals surface area (Å²) >= 11 is 0. The van der Waals surface area contributed by atoms with Gasteiger partial charge in [0.1, 0.15) is 5.82 Å². The van der Waals surface area contributed by atoms with E-state index in [2.05, 4.69) is 9.80 Å². The molecule has 3 saturated heterocycles. The minimum Gasteiger partial charge on any atom is -0.378 e. The van der Waals surface area contributed by atoms with E-state index in [0.29, 0.717) is 26.2 Å². The maximum absolute atomic E-state index is 14.1. The Morgan fingerprint density at radius 3 is 2.62 bits per heavy atom. The molecule has 1 atom stereocenters. The summed E-state index contributed by atoms with van der Waals surface area (Å²) in [6.45, 7) is 5.99. The average molecular weight is 395 g/mol. The Balaban J connectivity index is 1.34. The van der Waals surface area contributed by atoms with Crippen LogP contribution < -0.4 is 0 Å². The first-order valence-electron chi connectivity index (χ1n) is 10.3. The Labute approximate surface area is 170 Å². The quantitative estimate of drug-likeness (QED) is 0.799. The third kappa shape index (κ3) is 3.45. The van der Waals surface area contributed by atoms with Gasteiger partial charge in [-0.05, 0) is 18.2 Å².